The van der Waals surface area contributed by atoms with Gasteiger partial charge in [-0.1, -0.05) is 58.8 Å². The van der Waals surface area contributed by atoms with Gasteiger partial charge in [0.2, 0.25) is 0 Å². The summed E-state index contributed by atoms with van der Waals surface area (Å²) in [6.45, 7) is 16.8. The summed E-state index contributed by atoms with van der Waals surface area (Å²) in [6, 6.07) is 5.75. The second-order valence-electron chi connectivity index (χ2n) is 6.59. The topological polar surface area (TPSA) is 34.9 Å². The molecule has 27 heavy (non-hydrogen) atoms. The van der Waals surface area contributed by atoms with E-state index in [1.165, 1.54) is 31.3 Å². The van der Waals surface area contributed by atoms with Crippen molar-refractivity contribution in [3.8, 4) is 0 Å². The van der Waals surface area contributed by atoms with Crippen LogP contribution in [-0.4, -0.2) is 9.55 Å². The third-order valence-electron chi connectivity index (χ3n) is 4.63. The van der Waals surface area contributed by atoms with E-state index in [4.69, 9.17) is 0 Å². The van der Waals surface area contributed by atoms with Gasteiger partial charge >= 0.3 is 0 Å². The van der Waals surface area contributed by atoms with Gasteiger partial charge in [0.1, 0.15) is 5.82 Å². The molecule has 0 bridgehead atoms. The van der Waals surface area contributed by atoms with Gasteiger partial charge in [0, 0.05) is 10.2 Å². The van der Waals surface area contributed by atoms with Crippen molar-refractivity contribution in [3.63, 3.8) is 0 Å². The molecule has 3 nitrogen and oxygen atoms in total. The van der Waals surface area contributed by atoms with Gasteiger partial charge in [-0.05, 0) is 66.7 Å². The van der Waals surface area contributed by atoms with Crippen molar-refractivity contribution >= 4 is 32.5 Å². The van der Waals surface area contributed by atoms with Crippen LogP contribution in [0.3, 0.4) is 0 Å². The predicted molar refractivity (Wildman–Crippen MR) is 122 cm³/mol. The van der Waals surface area contributed by atoms with E-state index in [9.17, 15) is 4.79 Å². The largest absolute Gasteiger partial charge is 0.298 e. The first-order chi connectivity index (χ1) is 12.9. The number of rotatable bonds is 7. The highest BCUT2D eigenvalue weighted by atomic mass is 79.9. The smallest absolute Gasteiger partial charge is 0.281 e. The van der Waals surface area contributed by atoms with Crippen molar-refractivity contribution in [2.24, 2.45) is 5.92 Å². The zero-order valence-corrected chi connectivity index (χ0v) is 19.2. The number of halogens is 1. The van der Waals surface area contributed by atoms with Crippen molar-refractivity contribution in [2.45, 2.75) is 67.2 Å². The number of hydrogen-bond donors (Lipinski definition) is 0. The molecular weight excluding hydrogens is 400 g/mol. The predicted octanol–water partition coefficient (Wildman–Crippen LogP) is 7.13. The van der Waals surface area contributed by atoms with Crippen LogP contribution in [0, 0.1) is 12.8 Å². The lowest BCUT2D eigenvalue weighted by Gasteiger charge is -2.19. The summed E-state index contributed by atoms with van der Waals surface area (Å²) in [5, 5.41) is 0.596. The van der Waals surface area contributed by atoms with E-state index in [0.717, 1.165) is 15.7 Å². The molecule has 0 atom stereocenters. The first-order valence-corrected chi connectivity index (χ1v) is 10.7. The number of aromatic nitrogens is 2. The Morgan fingerprint density at radius 1 is 1.26 bits per heavy atom. The Bertz CT molecular complexity index is 859. The van der Waals surface area contributed by atoms with Crippen LogP contribution in [-0.2, 0) is 0 Å². The SMILES string of the molecule is C=C(/C=C(\C)C(CCC)CCC)n1c(C)nc(=O)c2c(Br)cccc21.CC. The van der Waals surface area contributed by atoms with E-state index in [1.54, 1.807) is 0 Å². The fourth-order valence-corrected chi connectivity index (χ4v) is 3.97. The zero-order chi connectivity index (χ0) is 20.6. The van der Waals surface area contributed by atoms with E-state index in [1.807, 2.05) is 43.5 Å². The first-order valence-electron chi connectivity index (χ1n) is 9.96. The van der Waals surface area contributed by atoms with Gasteiger partial charge in [0.25, 0.3) is 5.56 Å². The molecule has 1 aromatic carbocycles. The summed E-state index contributed by atoms with van der Waals surface area (Å²) >= 11 is 3.47. The highest BCUT2D eigenvalue weighted by Gasteiger charge is 2.13. The fraction of sp³-hybridized carbons (Fsp3) is 0.478. The Kier molecular flexibility index (Phi) is 9.71. The van der Waals surface area contributed by atoms with Crippen molar-refractivity contribution < 1.29 is 0 Å². The van der Waals surface area contributed by atoms with E-state index >= 15 is 0 Å². The molecule has 2 rings (SSSR count). The quantitative estimate of drug-likeness (QED) is 0.436. The summed E-state index contributed by atoms with van der Waals surface area (Å²) in [7, 11) is 0. The Labute approximate surface area is 172 Å². The maximum atomic E-state index is 12.3. The van der Waals surface area contributed by atoms with Gasteiger partial charge in [-0.15, -0.1) is 0 Å². The third kappa shape index (κ3) is 5.65. The van der Waals surface area contributed by atoms with Crippen LogP contribution in [0.2, 0.25) is 0 Å². The monoisotopic (exact) mass is 432 g/mol. The minimum atomic E-state index is -0.209. The Balaban J connectivity index is 0.00000176. The van der Waals surface area contributed by atoms with E-state index < -0.39 is 0 Å². The zero-order valence-electron chi connectivity index (χ0n) is 17.6. The lowest BCUT2D eigenvalue weighted by Crippen LogP contribution is -2.16. The van der Waals surface area contributed by atoms with Crippen molar-refractivity contribution in [1.82, 2.24) is 9.55 Å². The molecule has 0 spiro atoms. The van der Waals surface area contributed by atoms with E-state index in [-0.39, 0.29) is 5.56 Å². The normalized spacial score (nSPS) is 11.5. The van der Waals surface area contributed by atoms with Crippen LogP contribution >= 0.6 is 15.9 Å². The minimum absolute atomic E-state index is 0.209. The van der Waals surface area contributed by atoms with Crippen molar-refractivity contribution in [2.75, 3.05) is 0 Å². The van der Waals surface area contributed by atoms with Gasteiger partial charge < -0.3 is 0 Å². The van der Waals surface area contributed by atoms with Crippen molar-refractivity contribution in [3.05, 3.63) is 57.1 Å². The molecular formula is C23H33BrN2O. The number of nitrogens with zero attached hydrogens (tertiary/aromatic N) is 2. The Hall–Kier alpha value is -1.68. The molecule has 2 aromatic rings. The van der Waals surface area contributed by atoms with E-state index in [0.29, 0.717) is 17.1 Å². The number of fused-ring (bicyclic) bond motifs is 1. The van der Waals surface area contributed by atoms with Gasteiger partial charge in [0.05, 0.1) is 10.9 Å². The number of allylic oxidation sites excluding steroid dienone is 3. The van der Waals surface area contributed by atoms with Crippen molar-refractivity contribution in [1.29, 1.82) is 0 Å². The molecule has 0 unspecified atom stereocenters. The van der Waals surface area contributed by atoms with Gasteiger partial charge in [0.15, 0.2) is 0 Å². The summed E-state index contributed by atoms with van der Waals surface area (Å²) in [5.74, 6) is 1.24. The molecule has 0 aliphatic rings. The standard InChI is InChI=1S/C21H27BrN2O.C2H6/c1-6-9-17(10-7-2)14(3)13-15(4)24-16(5)23-21(25)20-18(22)11-8-12-19(20)24;1-2/h8,11-13,17H,4,6-7,9-10H2,1-3,5H3;1-2H3/b14-13+;. The minimum Gasteiger partial charge on any atom is -0.298 e. The lowest BCUT2D eigenvalue weighted by atomic mass is 9.90. The number of aryl methyl sites for hydroxylation is 1. The van der Waals surface area contributed by atoms with Crippen LogP contribution in [0.25, 0.3) is 16.6 Å². The summed E-state index contributed by atoms with van der Waals surface area (Å²) in [6.07, 6.45) is 6.89. The summed E-state index contributed by atoms with van der Waals surface area (Å²) in [4.78, 5) is 16.5. The average Bonchev–Trinajstić information content (AvgIpc) is 2.62. The lowest BCUT2D eigenvalue weighted by molar-refractivity contribution is 0.504. The summed E-state index contributed by atoms with van der Waals surface area (Å²) < 4.78 is 2.74. The molecule has 1 aromatic heterocycles. The van der Waals surface area contributed by atoms with Crippen LogP contribution in [0.5, 0.6) is 0 Å². The number of benzene rings is 1. The maximum absolute atomic E-state index is 12.3. The summed E-state index contributed by atoms with van der Waals surface area (Å²) in [5.41, 5.74) is 2.82. The Morgan fingerprint density at radius 3 is 2.41 bits per heavy atom. The fourth-order valence-electron chi connectivity index (χ4n) is 3.44. The highest BCUT2D eigenvalue weighted by Crippen LogP contribution is 2.27. The molecule has 1 heterocycles. The van der Waals surface area contributed by atoms with Gasteiger partial charge in [-0.2, -0.15) is 4.98 Å². The molecule has 0 saturated carbocycles. The van der Waals surface area contributed by atoms with Crippen LogP contribution < -0.4 is 5.56 Å². The molecule has 0 radical (unpaired) electrons. The molecule has 0 amide bonds. The number of hydrogen-bond acceptors (Lipinski definition) is 2. The molecule has 0 aliphatic heterocycles. The molecule has 0 aliphatic carbocycles. The first kappa shape index (κ1) is 23.4. The van der Waals surface area contributed by atoms with Crippen LogP contribution in [0.15, 0.2) is 45.7 Å². The van der Waals surface area contributed by atoms with Gasteiger partial charge in [-0.3, -0.25) is 9.36 Å². The van der Waals surface area contributed by atoms with E-state index in [2.05, 4.69) is 54.3 Å². The second-order valence-corrected chi connectivity index (χ2v) is 7.44. The Morgan fingerprint density at radius 2 is 1.85 bits per heavy atom. The molecule has 148 valence electrons. The van der Waals surface area contributed by atoms with Gasteiger partial charge in [-0.25, -0.2) is 0 Å². The molecule has 0 N–H and O–H groups in total. The maximum Gasteiger partial charge on any atom is 0.281 e. The van der Waals surface area contributed by atoms with Crippen LogP contribution in [0.4, 0.5) is 0 Å². The second kappa shape index (κ2) is 11.2. The molecule has 0 fully saturated rings. The average molecular weight is 433 g/mol. The third-order valence-corrected chi connectivity index (χ3v) is 5.29. The molecule has 0 saturated heterocycles. The highest BCUT2D eigenvalue weighted by molar-refractivity contribution is 9.10. The molecule has 4 heteroatoms. The van der Waals surface area contributed by atoms with Crippen LogP contribution in [0.1, 0.15) is 66.1 Å².